The van der Waals surface area contributed by atoms with Crippen LogP contribution >= 0.6 is 0 Å². The fourth-order valence-electron chi connectivity index (χ4n) is 6.03. The third kappa shape index (κ3) is 6.75. The minimum Gasteiger partial charge on any atom is -0.329 e. The van der Waals surface area contributed by atoms with Crippen LogP contribution in [0.5, 0.6) is 0 Å². The van der Waals surface area contributed by atoms with E-state index in [4.69, 9.17) is 0 Å². The van der Waals surface area contributed by atoms with E-state index >= 15 is 0 Å². The second-order valence-electron chi connectivity index (χ2n) is 12.2. The van der Waals surface area contributed by atoms with Crippen molar-refractivity contribution in [2.45, 2.75) is 77.6 Å². The summed E-state index contributed by atoms with van der Waals surface area (Å²) in [4.78, 5) is 24.5. The van der Waals surface area contributed by atoms with Crippen LogP contribution in [-0.4, -0.2) is 100 Å². The summed E-state index contributed by atoms with van der Waals surface area (Å²) in [6.07, 6.45) is 7.40. The molecule has 0 radical (unpaired) electrons. The van der Waals surface area contributed by atoms with Crippen molar-refractivity contribution in [1.29, 1.82) is 0 Å². The van der Waals surface area contributed by atoms with Crippen molar-refractivity contribution in [1.82, 2.24) is 25.0 Å². The van der Waals surface area contributed by atoms with Gasteiger partial charge in [0, 0.05) is 70.6 Å². The van der Waals surface area contributed by atoms with Gasteiger partial charge in [-0.1, -0.05) is 13.8 Å². The molecule has 206 valence electrons. The molecule has 10 heteroatoms. The van der Waals surface area contributed by atoms with Gasteiger partial charge in [0.05, 0.1) is 25.8 Å². The van der Waals surface area contributed by atoms with Crippen LogP contribution in [0.3, 0.4) is 0 Å². The Morgan fingerprint density at radius 1 is 1.24 bits per heavy atom. The normalized spacial score (nSPS) is 27.6. The number of rotatable bonds is 7. The summed E-state index contributed by atoms with van der Waals surface area (Å²) in [5, 5.41) is 8.49. The Morgan fingerprint density at radius 3 is 2.46 bits per heavy atom. The van der Waals surface area contributed by atoms with Gasteiger partial charge < -0.3 is 19.3 Å². The number of aryl methyl sites for hydroxylation is 1. The first-order chi connectivity index (χ1) is 17.4. The standard InChI is InChI=1S/C27H44F2N7O/c1-6-23-31-24(33-32-23)21-9-13-35(14-10-21)25(37)34(4)19-26(2)11-15-36(5,16-12-26)18-20-7-8-22(30-17-20)27(3,28)29/h17,21H,6-16,18-19H2,1-5H3,(H,31,32,33)/q+1. The van der Waals surface area contributed by atoms with Gasteiger partial charge in [-0.3, -0.25) is 4.99 Å². The van der Waals surface area contributed by atoms with Crippen LogP contribution in [0, 0.1) is 5.41 Å². The van der Waals surface area contributed by atoms with Crippen molar-refractivity contribution < 1.29 is 18.1 Å². The molecule has 3 aliphatic heterocycles. The Labute approximate surface area is 219 Å². The van der Waals surface area contributed by atoms with Crippen LogP contribution in [-0.2, 0) is 6.42 Å². The number of carbonyl (C=O) groups excluding carboxylic acids is 1. The van der Waals surface area contributed by atoms with E-state index < -0.39 is 5.92 Å². The van der Waals surface area contributed by atoms with Gasteiger partial charge in [-0.2, -0.15) is 0 Å². The Kier molecular flexibility index (Phi) is 8.07. The predicted molar refractivity (Wildman–Crippen MR) is 141 cm³/mol. The van der Waals surface area contributed by atoms with Gasteiger partial charge in [-0.05, 0) is 31.1 Å². The number of hydrogen-bond acceptors (Lipinski definition) is 4. The lowest BCUT2D eigenvalue weighted by molar-refractivity contribution is -0.912. The SMILES string of the molecule is CCc1nnc(C2CCN(C(=O)N(C)CC3(C)CC[N+](C)(CC4=CN=C(C(C)(F)F)CC4)CC3)CC2)[nH]1. The molecule has 4 heterocycles. The second-order valence-corrected chi connectivity index (χ2v) is 12.2. The molecule has 0 aliphatic carbocycles. The molecule has 0 aromatic carbocycles. The van der Waals surface area contributed by atoms with Crippen molar-refractivity contribution in [3.05, 3.63) is 23.4 Å². The van der Waals surface area contributed by atoms with E-state index in [-0.39, 0.29) is 17.2 Å². The number of piperidine rings is 2. The number of H-pyrrole nitrogens is 1. The zero-order chi connectivity index (χ0) is 26.8. The number of carbonyl (C=O) groups is 1. The van der Waals surface area contributed by atoms with E-state index in [9.17, 15) is 13.6 Å². The predicted octanol–water partition coefficient (Wildman–Crippen LogP) is 4.62. The smallest absolute Gasteiger partial charge is 0.319 e. The van der Waals surface area contributed by atoms with Crippen LogP contribution in [0.4, 0.5) is 13.6 Å². The number of alkyl halides is 2. The van der Waals surface area contributed by atoms with Crippen LogP contribution in [0.15, 0.2) is 16.8 Å². The maximum atomic E-state index is 13.5. The molecule has 1 N–H and O–H groups in total. The fourth-order valence-corrected chi connectivity index (χ4v) is 6.03. The van der Waals surface area contributed by atoms with Crippen molar-refractivity contribution >= 4 is 11.7 Å². The van der Waals surface area contributed by atoms with Gasteiger partial charge >= 0.3 is 6.03 Å². The Morgan fingerprint density at radius 2 is 1.92 bits per heavy atom. The number of nitrogens with one attached hydrogen (secondary N) is 1. The van der Waals surface area contributed by atoms with Gasteiger partial charge in [0.2, 0.25) is 0 Å². The quantitative estimate of drug-likeness (QED) is 0.533. The number of amides is 2. The summed E-state index contributed by atoms with van der Waals surface area (Å²) < 4.78 is 28.0. The number of aromatic nitrogens is 3. The van der Waals surface area contributed by atoms with Gasteiger partial charge in [0.1, 0.15) is 18.2 Å². The van der Waals surface area contributed by atoms with Crippen LogP contribution in [0.25, 0.3) is 0 Å². The second kappa shape index (κ2) is 10.8. The zero-order valence-corrected chi connectivity index (χ0v) is 23.2. The maximum Gasteiger partial charge on any atom is 0.319 e. The maximum absolute atomic E-state index is 13.5. The Bertz CT molecular complexity index is 1010. The third-order valence-electron chi connectivity index (χ3n) is 8.67. The number of likely N-dealkylation sites (tertiary alicyclic amines) is 2. The zero-order valence-electron chi connectivity index (χ0n) is 23.2. The fraction of sp³-hybridized carbons (Fsp3) is 0.778. The molecule has 0 unspecified atom stereocenters. The Hall–Kier alpha value is -2.36. The molecule has 3 aliphatic rings. The van der Waals surface area contributed by atoms with Crippen molar-refractivity contribution in [2.24, 2.45) is 10.4 Å². The summed E-state index contributed by atoms with van der Waals surface area (Å²) >= 11 is 0. The van der Waals surface area contributed by atoms with E-state index in [2.05, 4.69) is 41.1 Å². The molecule has 2 saturated heterocycles. The van der Waals surface area contributed by atoms with Crippen molar-refractivity contribution in [3.8, 4) is 0 Å². The summed E-state index contributed by atoms with van der Waals surface area (Å²) in [5.41, 5.74) is 1.23. The van der Waals surface area contributed by atoms with Gasteiger partial charge in [-0.15, -0.1) is 10.2 Å². The summed E-state index contributed by atoms with van der Waals surface area (Å²) in [5.74, 6) is -0.623. The highest BCUT2D eigenvalue weighted by Gasteiger charge is 2.40. The molecule has 37 heavy (non-hydrogen) atoms. The molecular formula is C27H44F2N7O+. The highest BCUT2D eigenvalue weighted by Crippen LogP contribution is 2.36. The van der Waals surface area contributed by atoms with Gasteiger partial charge in [0.15, 0.2) is 0 Å². The van der Waals surface area contributed by atoms with E-state index in [1.165, 1.54) is 0 Å². The topological polar surface area (TPSA) is 77.5 Å². The molecule has 1 aromatic heterocycles. The van der Waals surface area contributed by atoms with E-state index in [0.717, 1.165) is 100 Å². The summed E-state index contributed by atoms with van der Waals surface area (Å²) in [7, 11) is 4.18. The summed E-state index contributed by atoms with van der Waals surface area (Å²) in [6, 6.07) is 0.114. The van der Waals surface area contributed by atoms with Crippen LogP contribution in [0.2, 0.25) is 0 Å². The highest BCUT2D eigenvalue weighted by atomic mass is 19.3. The number of aliphatic imine (C=N–C) groups is 1. The lowest BCUT2D eigenvalue weighted by Gasteiger charge is -2.47. The first-order valence-electron chi connectivity index (χ1n) is 13.8. The molecular weight excluding hydrogens is 476 g/mol. The minimum atomic E-state index is -2.83. The summed E-state index contributed by atoms with van der Waals surface area (Å²) in [6.45, 7) is 10.4. The molecule has 0 saturated carbocycles. The number of quaternary nitrogens is 1. The van der Waals surface area contributed by atoms with E-state index in [0.29, 0.717) is 18.8 Å². The first-order valence-corrected chi connectivity index (χ1v) is 13.8. The van der Waals surface area contributed by atoms with E-state index in [1.54, 1.807) is 6.20 Å². The molecule has 0 atom stereocenters. The first kappa shape index (κ1) is 27.7. The van der Waals surface area contributed by atoms with Crippen molar-refractivity contribution in [3.63, 3.8) is 0 Å². The molecule has 0 bridgehead atoms. The minimum absolute atomic E-state index is 0.00865. The van der Waals surface area contributed by atoms with Gasteiger partial charge in [-0.25, -0.2) is 13.6 Å². The molecule has 0 spiro atoms. The monoisotopic (exact) mass is 520 g/mol. The highest BCUT2D eigenvalue weighted by molar-refractivity contribution is 5.92. The number of aromatic amines is 1. The largest absolute Gasteiger partial charge is 0.329 e. The number of hydrogen-bond donors (Lipinski definition) is 1. The number of likely N-dealkylation sites (N-methyl/N-ethyl adjacent to an activating group) is 1. The molecule has 4 rings (SSSR count). The van der Waals surface area contributed by atoms with Crippen molar-refractivity contribution in [2.75, 3.05) is 53.4 Å². The molecule has 8 nitrogen and oxygen atoms in total. The molecule has 1 aromatic rings. The average Bonchev–Trinajstić information content (AvgIpc) is 3.35. The Balaban J connectivity index is 1.25. The van der Waals surface area contributed by atoms with Crippen LogP contribution in [0.1, 0.15) is 76.9 Å². The lowest BCUT2D eigenvalue weighted by Crippen LogP contribution is -2.56. The third-order valence-corrected chi connectivity index (χ3v) is 8.67. The lowest BCUT2D eigenvalue weighted by atomic mass is 9.79. The molecule has 2 amide bonds. The number of urea groups is 1. The van der Waals surface area contributed by atoms with E-state index in [1.807, 2.05) is 16.8 Å². The van der Waals surface area contributed by atoms with Gasteiger partial charge in [0.25, 0.3) is 5.92 Å². The average molecular weight is 521 g/mol. The molecule has 2 fully saturated rings. The number of halogens is 2. The van der Waals surface area contributed by atoms with Crippen LogP contribution < -0.4 is 0 Å². The number of nitrogens with zero attached hydrogens (tertiary/aromatic N) is 6.